The summed E-state index contributed by atoms with van der Waals surface area (Å²) >= 11 is 4.09. The van der Waals surface area contributed by atoms with E-state index in [1.807, 2.05) is 0 Å². The minimum absolute atomic E-state index is 0.000000000000000222. The molecule has 0 atom stereocenters. The summed E-state index contributed by atoms with van der Waals surface area (Å²) in [5, 5.41) is 3.03. The fourth-order valence-electron chi connectivity index (χ4n) is 0.329. The van der Waals surface area contributed by atoms with Gasteiger partial charge in [0, 0.05) is 26.2 Å². The average molecular weight is 179 g/mol. The molecule has 6 heteroatoms. The summed E-state index contributed by atoms with van der Waals surface area (Å²) in [6, 6.07) is 0. The molecule has 0 amide bonds. The Bertz CT molecular complexity index is 78.9. The molecule has 0 aliphatic rings. The first kappa shape index (κ1) is 13.2. The summed E-state index contributed by atoms with van der Waals surface area (Å²) < 4.78 is 0. The summed E-state index contributed by atoms with van der Waals surface area (Å²) in [4.78, 5) is 0. The van der Waals surface area contributed by atoms with Crippen molar-refractivity contribution in [2.45, 2.75) is 0 Å². The van der Waals surface area contributed by atoms with Crippen LogP contribution in [0, 0.1) is 0 Å². The van der Waals surface area contributed by atoms with Crippen LogP contribution in [0.2, 0.25) is 0 Å². The van der Waals surface area contributed by atoms with Gasteiger partial charge in [0.05, 0.1) is 0 Å². The van der Waals surface area contributed by atoms with Crippen molar-refractivity contribution in [1.82, 2.24) is 5.32 Å². The molecule has 0 spiro atoms. The minimum atomic E-state index is 0.000000000000000222. The SMILES string of the molecule is NC(N)=S.NCCNCCN. The van der Waals surface area contributed by atoms with Gasteiger partial charge in [-0.25, -0.2) is 0 Å². The maximum absolute atomic E-state index is 5.17. The molecule has 0 rings (SSSR count). The van der Waals surface area contributed by atoms with Gasteiger partial charge in [0.2, 0.25) is 0 Å². The molecule has 9 N–H and O–H groups in total. The van der Waals surface area contributed by atoms with E-state index in [2.05, 4.69) is 29.0 Å². The van der Waals surface area contributed by atoms with Crippen LogP contribution in [0.5, 0.6) is 0 Å². The third kappa shape index (κ3) is 43.0. The van der Waals surface area contributed by atoms with Crippen molar-refractivity contribution in [3.8, 4) is 0 Å². The first-order valence-corrected chi connectivity index (χ1v) is 3.71. The van der Waals surface area contributed by atoms with E-state index in [1.165, 1.54) is 0 Å². The Morgan fingerprint density at radius 3 is 1.55 bits per heavy atom. The highest BCUT2D eigenvalue weighted by atomic mass is 32.1. The second-order valence-electron chi connectivity index (χ2n) is 1.73. The fraction of sp³-hybridized carbons (Fsp3) is 0.800. The van der Waals surface area contributed by atoms with Crippen LogP contribution in [0.15, 0.2) is 0 Å². The van der Waals surface area contributed by atoms with E-state index < -0.39 is 0 Å². The molecule has 0 radical (unpaired) electrons. The molecule has 0 aromatic rings. The molecule has 5 nitrogen and oxygen atoms in total. The summed E-state index contributed by atoms with van der Waals surface area (Å²) in [6.45, 7) is 3.13. The normalized spacial score (nSPS) is 8.18. The van der Waals surface area contributed by atoms with Crippen molar-refractivity contribution in [1.29, 1.82) is 0 Å². The lowest BCUT2D eigenvalue weighted by molar-refractivity contribution is 0.696. The third-order valence-corrected chi connectivity index (χ3v) is 0.642. The van der Waals surface area contributed by atoms with Crippen molar-refractivity contribution in [3.63, 3.8) is 0 Å². The van der Waals surface area contributed by atoms with Crippen LogP contribution in [0.3, 0.4) is 0 Å². The molecule has 0 aromatic carbocycles. The van der Waals surface area contributed by atoms with E-state index in [9.17, 15) is 0 Å². The van der Waals surface area contributed by atoms with Gasteiger partial charge in [0.1, 0.15) is 0 Å². The Labute approximate surface area is 72.5 Å². The van der Waals surface area contributed by atoms with Gasteiger partial charge in [0.15, 0.2) is 5.11 Å². The number of nitrogens with two attached hydrogens (primary N) is 4. The van der Waals surface area contributed by atoms with Crippen LogP contribution in [0.25, 0.3) is 0 Å². The molecule has 11 heavy (non-hydrogen) atoms. The van der Waals surface area contributed by atoms with E-state index in [4.69, 9.17) is 11.5 Å². The fourth-order valence-corrected chi connectivity index (χ4v) is 0.329. The zero-order valence-electron chi connectivity index (χ0n) is 6.55. The summed E-state index contributed by atoms with van der Waals surface area (Å²) in [5.41, 5.74) is 19.6. The second-order valence-corrected chi connectivity index (χ2v) is 2.20. The Morgan fingerprint density at radius 1 is 1.09 bits per heavy atom. The van der Waals surface area contributed by atoms with Gasteiger partial charge >= 0.3 is 0 Å². The van der Waals surface area contributed by atoms with Gasteiger partial charge in [-0.2, -0.15) is 0 Å². The van der Waals surface area contributed by atoms with Gasteiger partial charge in [0.25, 0.3) is 0 Å². The highest BCUT2D eigenvalue weighted by Gasteiger charge is 1.76. The van der Waals surface area contributed by atoms with Crippen molar-refractivity contribution in [3.05, 3.63) is 0 Å². The molecule has 68 valence electrons. The van der Waals surface area contributed by atoms with Gasteiger partial charge < -0.3 is 28.3 Å². The van der Waals surface area contributed by atoms with Crippen molar-refractivity contribution >= 4 is 17.3 Å². The first-order valence-electron chi connectivity index (χ1n) is 3.31. The molecule has 0 aromatic heterocycles. The monoisotopic (exact) mass is 179 g/mol. The topological polar surface area (TPSA) is 116 Å². The Morgan fingerprint density at radius 2 is 1.36 bits per heavy atom. The highest BCUT2D eigenvalue weighted by molar-refractivity contribution is 7.80. The van der Waals surface area contributed by atoms with E-state index in [0.29, 0.717) is 13.1 Å². The number of rotatable bonds is 4. The Kier molecular flexibility index (Phi) is 14.7. The summed E-state index contributed by atoms with van der Waals surface area (Å²) in [7, 11) is 0. The quantitative estimate of drug-likeness (QED) is 0.244. The smallest absolute Gasteiger partial charge is 0.160 e. The van der Waals surface area contributed by atoms with Gasteiger partial charge in [-0.1, -0.05) is 0 Å². The summed E-state index contributed by atoms with van der Waals surface area (Å²) in [6.07, 6.45) is 0. The maximum Gasteiger partial charge on any atom is 0.160 e. The predicted molar refractivity (Wildman–Crippen MR) is 52.0 cm³/mol. The van der Waals surface area contributed by atoms with Crippen molar-refractivity contribution in [2.75, 3.05) is 26.2 Å². The molecular formula is C5H17N5S. The Balaban J connectivity index is 0. The third-order valence-electron chi connectivity index (χ3n) is 0.642. The molecule has 0 unspecified atom stereocenters. The van der Waals surface area contributed by atoms with E-state index >= 15 is 0 Å². The lowest BCUT2D eigenvalue weighted by Gasteiger charge is -1.95. The number of nitrogens with one attached hydrogen (secondary N) is 1. The predicted octanol–water partition coefficient (Wildman–Crippen LogP) is -2.32. The van der Waals surface area contributed by atoms with Crippen LogP contribution in [-0.2, 0) is 0 Å². The largest absolute Gasteiger partial charge is 0.377 e. The van der Waals surface area contributed by atoms with E-state index in [-0.39, 0.29) is 5.11 Å². The van der Waals surface area contributed by atoms with Crippen molar-refractivity contribution < 1.29 is 0 Å². The molecule has 0 saturated heterocycles. The number of hydrogen-bond donors (Lipinski definition) is 5. The average Bonchev–Trinajstić information content (AvgIpc) is 1.88. The Hall–Kier alpha value is -0.430. The molecular weight excluding hydrogens is 162 g/mol. The molecule has 0 aliphatic heterocycles. The second kappa shape index (κ2) is 12.3. The lowest BCUT2D eigenvalue weighted by atomic mass is 10.6. The number of thiocarbonyl (C=S) groups is 1. The lowest BCUT2D eigenvalue weighted by Crippen LogP contribution is -2.27. The first-order chi connectivity index (χ1) is 5.15. The van der Waals surface area contributed by atoms with Gasteiger partial charge in [-0.3, -0.25) is 0 Å². The molecule has 0 heterocycles. The zero-order chi connectivity index (χ0) is 9.11. The molecule has 0 bridgehead atoms. The van der Waals surface area contributed by atoms with E-state index in [1.54, 1.807) is 0 Å². The van der Waals surface area contributed by atoms with Crippen LogP contribution in [0.4, 0.5) is 0 Å². The highest BCUT2D eigenvalue weighted by Crippen LogP contribution is 1.49. The minimum Gasteiger partial charge on any atom is -0.377 e. The summed E-state index contributed by atoms with van der Waals surface area (Å²) in [5.74, 6) is 0. The van der Waals surface area contributed by atoms with Crippen LogP contribution < -0.4 is 28.3 Å². The zero-order valence-corrected chi connectivity index (χ0v) is 7.36. The van der Waals surface area contributed by atoms with Crippen LogP contribution in [-0.4, -0.2) is 31.3 Å². The maximum atomic E-state index is 5.17. The standard InChI is InChI=1S/C4H13N3.CH4N2S/c5-1-3-7-4-2-6;2-1(3)4/h7H,1-6H2;(H4,2,3,4). The van der Waals surface area contributed by atoms with E-state index in [0.717, 1.165) is 13.1 Å². The van der Waals surface area contributed by atoms with Crippen LogP contribution >= 0.6 is 12.2 Å². The molecule has 0 saturated carbocycles. The van der Waals surface area contributed by atoms with Gasteiger partial charge in [-0.15, -0.1) is 0 Å². The van der Waals surface area contributed by atoms with Crippen LogP contribution in [0.1, 0.15) is 0 Å². The molecule has 0 fully saturated rings. The number of hydrogen-bond acceptors (Lipinski definition) is 4. The van der Waals surface area contributed by atoms with Crippen molar-refractivity contribution in [2.24, 2.45) is 22.9 Å². The van der Waals surface area contributed by atoms with Gasteiger partial charge in [-0.05, 0) is 12.2 Å². The molecule has 0 aliphatic carbocycles.